The Kier molecular flexibility index (Phi) is 3.66. The van der Waals surface area contributed by atoms with Gasteiger partial charge in [0.2, 0.25) is 0 Å². The van der Waals surface area contributed by atoms with Gasteiger partial charge in [-0.2, -0.15) is 0 Å². The van der Waals surface area contributed by atoms with Crippen LogP contribution in [0.1, 0.15) is 54.8 Å². The molecule has 0 spiro atoms. The zero-order valence-corrected chi connectivity index (χ0v) is 14.2. The summed E-state index contributed by atoms with van der Waals surface area (Å²) >= 11 is 1.89. The van der Waals surface area contributed by atoms with Crippen LogP contribution in [0.2, 0.25) is 0 Å². The highest BCUT2D eigenvalue weighted by Crippen LogP contribution is 2.54. The molecule has 1 aromatic carbocycles. The number of aryl methyl sites for hydroxylation is 1. The van der Waals surface area contributed by atoms with Crippen LogP contribution in [0.15, 0.2) is 30.3 Å². The second-order valence-corrected chi connectivity index (χ2v) is 8.16. The van der Waals surface area contributed by atoms with Crippen LogP contribution in [-0.4, -0.2) is 10.5 Å². The van der Waals surface area contributed by atoms with Crippen LogP contribution in [0.4, 0.5) is 0 Å². The fraction of sp³-hybridized carbons (Fsp3) is 0.500. The maximum atomic E-state index is 4.90. The minimum absolute atomic E-state index is 0.146. The summed E-state index contributed by atoms with van der Waals surface area (Å²) in [5.74, 6) is 0. The van der Waals surface area contributed by atoms with Gasteiger partial charge < -0.3 is 5.32 Å². The van der Waals surface area contributed by atoms with Crippen molar-refractivity contribution in [2.45, 2.75) is 58.0 Å². The number of nitrogens with one attached hydrogen (secondary N) is 1. The van der Waals surface area contributed by atoms with Crippen molar-refractivity contribution in [2.75, 3.05) is 0 Å². The molecule has 3 heteroatoms. The summed E-state index contributed by atoms with van der Waals surface area (Å²) < 4.78 is 0. The maximum Gasteiger partial charge on any atom is 0.104 e. The summed E-state index contributed by atoms with van der Waals surface area (Å²) in [5.41, 5.74) is 2.97. The zero-order valence-electron chi connectivity index (χ0n) is 13.4. The number of nitrogens with zero attached hydrogens (tertiary/aromatic N) is 1. The lowest BCUT2D eigenvalue weighted by Gasteiger charge is -2.20. The Hall–Kier alpha value is -1.19. The van der Waals surface area contributed by atoms with Crippen molar-refractivity contribution < 1.29 is 0 Å². The molecular weight excluding hydrogens is 276 g/mol. The van der Waals surface area contributed by atoms with Crippen LogP contribution in [-0.2, 0) is 12.0 Å². The molecule has 0 atom stereocenters. The lowest BCUT2D eigenvalue weighted by atomic mass is 9.97. The van der Waals surface area contributed by atoms with Crippen molar-refractivity contribution >= 4 is 11.3 Å². The standard InChI is InChI=1S/C18H24N2S/c1-13-15(12-19-17(2,3)4)21-16(20-13)18(10-11-18)14-8-6-5-7-9-14/h5-9,19H,10-12H2,1-4H3. The van der Waals surface area contributed by atoms with Gasteiger partial charge in [-0.15, -0.1) is 11.3 Å². The van der Waals surface area contributed by atoms with Crippen LogP contribution < -0.4 is 5.32 Å². The summed E-state index contributed by atoms with van der Waals surface area (Å²) in [6, 6.07) is 10.9. The molecule has 0 aliphatic heterocycles. The Morgan fingerprint density at radius 2 is 1.86 bits per heavy atom. The predicted molar refractivity (Wildman–Crippen MR) is 89.9 cm³/mol. The second kappa shape index (κ2) is 5.22. The normalized spacial score (nSPS) is 17.0. The molecule has 112 valence electrons. The van der Waals surface area contributed by atoms with Crippen LogP contribution in [0.5, 0.6) is 0 Å². The van der Waals surface area contributed by atoms with Gasteiger partial charge in [-0.25, -0.2) is 4.98 Å². The molecule has 1 fully saturated rings. The molecule has 1 aliphatic rings. The van der Waals surface area contributed by atoms with Gasteiger partial charge in [-0.05, 0) is 46.1 Å². The summed E-state index contributed by atoms with van der Waals surface area (Å²) in [6.07, 6.45) is 2.46. The van der Waals surface area contributed by atoms with E-state index in [9.17, 15) is 0 Å². The number of benzene rings is 1. The van der Waals surface area contributed by atoms with E-state index < -0.39 is 0 Å². The molecule has 2 aromatic rings. The molecule has 1 saturated carbocycles. The highest BCUT2D eigenvalue weighted by atomic mass is 32.1. The van der Waals surface area contributed by atoms with Gasteiger partial charge in [-0.3, -0.25) is 0 Å². The van der Waals surface area contributed by atoms with E-state index in [0.29, 0.717) is 0 Å². The zero-order chi connectivity index (χ0) is 15.1. The van der Waals surface area contributed by atoms with E-state index in [2.05, 4.69) is 63.3 Å². The molecule has 1 N–H and O–H groups in total. The number of aromatic nitrogens is 1. The first kappa shape index (κ1) is 14.7. The first-order chi connectivity index (χ1) is 9.91. The molecule has 2 nitrogen and oxygen atoms in total. The lowest BCUT2D eigenvalue weighted by Crippen LogP contribution is -2.34. The Morgan fingerprint density at radius 1 is 1.19 bits per heavy atom. The van der Waals surface area contributed by atoms with Gasteiger partial charge >= 0.3 is 0 Å². The third-order valence-corrected chi connectivity index (χ3v) is 5.52. The molecule has 0 saturated heterocycles. The largest absolute Gasteiger partial charge is 0.307 e. The molecule has 21 heavy (non-hydrogen) atoms. The summed E-state index contributed by atoms with van der Waals surface area (Å²) in [7, 11) is 0. The molecular formula is C18H24N2S. The molecule has 0 unspecified atom stereocenters. The molecule has 0 radical (unpaired) electrons. The topological polar surface area (TPSA) is 24.9 Å². The van der Waals surface area contributed by atoms with E-state index in [0.717, 1.165) is 6.54 Å². The Bertz CT molecular complexity index is 618. The predicted octanol–water partition coefficient (Wildman–Crippen LogP) is 4.42. The van der Waals surface area contributed by atoms with Gasteiger partial charge in [0.1, 0.15) is 5.01 Å². The quantitative estimate of drug-likeness (QED) is 0.904. The van der Waals surface area contributed by atoms with Gasteiger partial charge in [0, 0.05) is 22.4 Å². The summed E-state index contributed by atoms with van der Waals surface area (Å²) in [5, 5.41) is 4.88. The van der Waals surface area contributed by atoms with Crippen LogP contribution in [0.3, 0.4) is 0 Å². The Balaban J connectivity index is 1.84. The van der Waals surface area contributed by atoms with Crippen molar-refractivity contribution in [3.8, 4) is 0 Å². The van der Waals surface area contributed by atoms with Crippen molar-refractivity contribution in [3.63, 3.8) is 0 Å². The Morgan fingerprint density at radius 3 is 2.43 bits per heavy atom. The third-order valence-electron chi connectivity index (χ3n) is 4.16. The van der Waals surface area contributed by atoms with E-state index in [4.69, 9.17) is 4.98 Å². The molecule has 1 heterocycles. The second-order valence-electron chi connectivity index (χ2n) is 7.08. The fourth-order valence-electron chi connectivity index (χ4n) is 2.65. The lowest BCUT2D eigenvalue weighted by molar-refractivity contribution is 0.425. The highest BCUT2D eigenvalue weighted by Gasteiger charge is 2.48. The minimum atomic E-state index is 0.146. The molecule has 0 bridgehead atoms. The van der Waals surface area contributed by atoms with Crippen LogP contribution in [0, 0.1) is 6.92 Å². The summed E-state index contributed by atoms with van der Waals surface area (Å²) in [6.45, 7) is 9.67. The molecule has 1 aromatic heterocycles. The fourth-order valence-corrected chi connectivity index (χ4v) is 3.92. The smallest absolute Gasteiger partial charge is 0.104 e. The van der Waals surface area contributed by atoms with E-state index in [1.54, 1.807) is 0 Å². The number of thiazole rings is 1. The first-order valence-electron chi connectivity index (χ1n) is 7.68. The number of hydrogen-bond acceptors (Lipinski definition) is 3. The van der Waals surface area contributed by atoms with E-state index >= 15 is 0 Å². The minimum Gasteiger partial charge on any atom is -0.307 e. The SMILES string of the molecule is Cc1nc(C2(c3ccccc3)CC2)sc1CNC(C)(C)C. The average molecular weight is 300 g/mol. The van der Waals surface area contributed by atoms with E-state index in [1.165, 1.54) is 34.0 Å². The van der Waals surface area contributed by atoms with Crippen molar-refractivity contribution in [1.29, 1.82) is 0 Å². The highest BCUT2D eigenvalue weighted by molar-refractivity contribution is 7.12. The third kappa shape index (κ3) is 3.04. The molecule has 0 amide bonds. The monoisotopic (exact) mass is 300 g/mol. The number of rotatable bonds is 4. The van der Waals surface area contributed by atoms with Gasteiger partial charge in [0.05, 0.1) is 5.69 Å². The van der Waals surface area contributed by atoms with Crippen molar-refractivity contribution in [2.24, 2.45) is 0 Å². The average Bonchev–Trinajstić information content (AvgIpc) is 3.16. The van der Waals surface area contributed by atoms with E-state index in [1.807, 2.05) is 11.3 Å². The first-order valence-corrected chi connectivity index (χ1v) is 8.50. The van der Waals surface area contributed by atoms with Gasteiger partial charge in [-0.1, -0.05) is 30.3 Å². The molecule has 1 aliphatic carbocycles. The van der Waals surface area contributed by atoms with Crippen LogP contribution >= 0.6 is 11.3 Å². The van der Waals surface area contributed by atoms with Gasteiger partial charge in [0.15, 0.2) is 0 Å². The van der Waals surface area contributed by atoms with E-state index in [-0.39, 0.29) is 11.0 Å². The maximum absolute atomic E-state index is 4.90. The summed E-state index contributed by atoms with van der Waals surface area (Å²) in [4.78, 5) is 6.28. The van der Waals surface area contributed by atoms with Crippen LogP contribution in [0.25, 0.3) is 0 Å². The van der Waals surface area contributed by atoms with Gasteiger partial charge in [0.25, 0.3) is 0 Å². The van der Waals surface area contributed by atoms with Crippen molar-refractivity contribution in [1.82, 2.24) is 10.3 Å². The molecule has 3 rings (SSSR count). The Labute approximate surface area is 131 Å². The van der Waals surface area contributed by atoms with Crippen molar-refractivity contribution in [3.05, 3.63) is 51.5 Å². The number of hydrogen-bond donors (Lipinski definition) is 1.